The average Bonchev–Trinajstić information content (AvgIpc) is 2.70. The molecule has 1 rings (SSSR count). The van der Waals surface area contributed by atoms with Gasteiger partial charge in [0.25, 0.3) is 0 Å². The van der Waals surface area contributed by atoms with Crippen molar-refractivity contribution in [2.24, 2.45) is 11.5 Å². The highest BCUT2D eigenvalue weighted by molar-refractivity contribution is 7.80. The third-order valence-corrected chi connectivity index (χ3v) is 4.36. The Morgan fingerprint density at radius 1 is 1.00 bits per heavy atom. The monoisotopic (exact) mass is 441 g/mol. The maximum atomic E-state index is 12.5. The molecule has 0 heterocycles. The molecule has 30 heavy (non-hydrogen) atoms. The van der Waals surface area contributed by atoms with Gasteiger partial charge in [0.2, 0.25) is 23.6 Å². The first-order valence-electron chi connectivity index (χ1n) is 9.09. The summed E-state index contributed by atoms with van der Waals surface area (Å²) in [6, 6.07) is 2.79. The highest BCUT2D eigenvalue weighted by atomic mass is 32.1. The van der Waals surface area contributed by atoms with E-state index in [0.717, 1.165) is 0 Å². The first kappa shape index (κ1) is 25.2. The quantitative estimate of drug-likeness (QED) is 0.160. The van der Waals surface area contributed by atoms with Crippen molar-refractivity contribution < 1.29 is 29.4 Å². The molecule has 4 amide bonds. The first-order chi connectivity index (χ1) is 14.2. The number of aromatic hydroxyl groups is 1. The van der Waals surface area contributed by atoms with Crippen molar-refractivity contribution in [3.63, 3.8) is 0 Å². The zero-order chi connectivity index (χ0) is 22.7. The lowest BCUT2D eigenvalue weighted by Gasteiger charge is -2.22. The number of hydrogen-bond donors (Lipinski definition) is 8. The van der Waals surface area contributed by atoms with Crippen LogP contribution in [0, 0.1) is 0 Å². The Kier molecular flexibility index (Phi) is 10.6. The van der Waals surface area contributed by atoms with Gasteiger partial charge in [-0.3, -0.25) is 19.2 Å². The van der Waals surface area contributed by atoms with Crippen LogP contribution in [0.15, 0.2) is 24.3 Å². The Labute approximate surface area is 179 Å². The van der Waals surface area contributed by atoms with Crippen LogP contribution in [0.4, 0.5) is 0 Å². The Morgan fingerprint density at radius 2 is 1.60 bits per heavy atom. The minimum absolute atomic E-state index is 0.0667. The van der Waals surface area contributed by atoms with E-state index in [4.69, 9.17) is 16.6 Å². The number of nitrogens with one attached hydrogen (secondary N) is 3. The summed E-state index contributed by atoms with van der Waals surface area (Å²) in [5.74, 6) is -2.90. The highest BCUT2D eigenvalue weighted by Crippen LogP contribution is 2.11. The molecule has 0 bridgehead atoms. The Hall–Kier alpha value is -2.83. The van der Waals surface area contributed by atoms with E-state index in [0.29, 0.717) is 5.56 Å². The molecule has 0 saturated carbocycles. The number of nitrogens with two attached hydrogens (primary N) is 2. The number of carbonyl (C=O) groups excluding carboxylic acids is 4. The van der Waals surface area contributed by atoms with E-state index in [1.807, 2.05) is 0 Å². The molecular weight excluding hydrogens is 414 g/mol. The van der Waals surface area contributed by atoms with E-state index >= 15 is 0 Å². The standard InChI is InChI=1S/C18H27N5O6S/c19-12(7-10-1-3-11(25)4-2-10)16(27)23-14(9-30)18(29)22-13(8-15(20)26)17(28)21-5-6-24/h1-4,12-14,24-25,30H,5-9,19H2,(H2,20,26)(H,21,28)(H,22,29)(H,23,27). The van der Waals surface area contributed by atoms with Crippen LogP contribution >= 0.6 is 12.6 Å². The van der Waals surface area contributed by atoms with Crippen LogP contribution in [-0.2, 0) is 25.6 Å². The fourth-order valence-electron chi connectivity index (χ4n) is 2.44. The number of benzene rings is 1. The fraction of sp³-hybridized carbons (Fsp3) is 0.444. The molecule has 0 saturated heterocycles. The third kappa shape index (κ3) is 8.68. The summed E-state index contributed by atoms with van der Waals surface area (Å²) in [6.45, 7) is -0.389. The van der Waals surface area contributed by atoms with Crippen molar-refractivity contribution in [3.05, 3.63) is 29.8 Å². The highest BCUT2D eigenvalue weighted by Gasteiger charge is 2.28. The van der Waals surface area contributed by atoms with Crippen LogP contribution in [0.1, 0.15) is 12.0 Å². The molecule has 9 N–H and O–H groups in total. The zero-order valence-electron chi connectivity index (χ0n) is 16.2. The van der Waals surface area contributed by atoms with Crippen molar-refractivity contribution >= 4 is 36.3 Å². The second kappa shape index (κ2) is 12.7. The van der Waals surface area contributed by atoms with Crippen molar-refractivity contribution in [1.29, 1.82) is 0 Å². The number of thiol groups is 1. The fourth-order valence-corrected chi connectivity index (χ4v) is 2.69. The van der Waals surface area contributed by atoms with Crippen molar-refractivity contribution in [2.75, 3.05) is 18.9 Å². The van der Waals surface area contributed by atoms with Gasteiger partial charge < -0.3 is 37.6 Å². The molecule has 1 aromatic carbocycles. The lowest BCUT2D eigenvalue weighted by atomic mass is 10.1. The summed E-state index contributed by atoms with van der Waals surface area (Å²) in [5.41, 5.74) is 11.7. The van der Waals surface area contributed by atoms with Gasteiger partial charge in [-0.05, 0) is 24.1 Å². The van der Waals surface area contributed by atoms with E-state index < -0.39 is 48.2 Å². The molecule has 11 nitrogen and oxygen atoms in total. The molecule has 0 fully saturated rings. The van der Waals surface area contributed by atoms with Gasteiger partial charge >= 0.3 is 0 Å². The zero-order valence-corrected chi connectivity index (χ0v) is 17.1. The molecule has 0 radical (unpaired) electrons. The molecule has 0 aromatic heterocycles. The van der Waals surface area contributed by atoms with E-state index in [1.54, 1.807) is 12.1 Å². The predicted molar refractivity (Wildman–Crippen MR) is 111 cm³/mol. The number of primary amides is 1. The Bertz CT molecular complexity index is 745. The van der Waals surface area contributed by atoms with Gasteiger partial charge in [0.15, 0.2) is 0 Å². The first-order valence-corrected chi connectivity index (χ1v) is 9.73. The number of aliphatic hydroxyl groups excluding tert-OH is 1. The van der Waals surface area contributed by atoms with Gasteiger partial charge in [-0.2, -0.15) is 12.6 Å². The van der Waals surface area contributed by atoms with Crippen LogP contribution in [0.5, 0.6) is 5.75 Å². The molecule has 3 atom stereocenters. The summed E-state index contributed by atoms with van der Waals surface area (Å²) < 4.78 is 0. The Morgan fingerprint density at radius 3 is 2.13 bits per heavy atom. The molecule has 3 unspecified atom stereocenters. The lowest BCUT2D eigenvalue weighted by molar-refractivity contribution is -0.133. The smallest absolute Gasteiger partial charge is 0.244 e. The number of phenolic OH excluding ortho intramolecular Hbond substituents is 1. The molecule has 0 spiro atoms. The summed E-state index contributed by atoms with van der Waals surface area (Å²) in [7, 11) is 0. The summed E-state index contributed by atoms with van der Waals surface area (Å²) >= 11 is 4.04. The van der Waals surface area contributed by atoms with Gasteiger partial charge in [-0.15, -0.1) is 0 Å². The molecule has 0 aliphatic rings. The van der Waals surface area contributed by atoms with Crippen LogP contribution < -0.4 is 27.4 Å². The largest absolute Gasteiger partial charge is 0.508 e. The number of aliphatic hydroxyl groups is 1. The Balaban J connectivity index is 2.72. The number of phenols is 1. The summed E-state index contributed by atoms with van der Waals surface area (Å²) in [6.07, 6.45) is -0.294. The molecule has 0 aliphatic heterocycles. The van der Waals surface area contributed by atoms with Gasteiger partial charge in [-0.25, -0.2) is 0 Å². The minimum Gasteiger partial charge on any atom is -0.508 e. The third-order valence-electron chi connectivity index (χ3n) is 3.99. The maximum absolute atomic E-state index is 12.5. The number of carbonyl (C=O) groups is 4. The molecule has 1 aromatic rings. The average molecular weight is 442 g/mol. The van der Waals surface area contributed by atoms with Crippen molar-refractivity contribution in [3.8, 4) is 5.75 Å². The van der Waals surface area contributed by atoms with Gasteiger partial charge in [0.05, 0.1) is 19.1 Å². The van der Waals surface area contributed by atoms with Gasteiger partial charge in [-0.1, -0.05) is 12.1 Å². The molecular formula is C18H27N5O6S. The van der Waals surface area contributed by atoms with Gasteiger partial charge in [0, 0.05) is 12.3 Å². The van der Waals surface area contributed by atoms with E-state index in [1.165, 1.54) is 12.1 Å². The lowest BCUT2D eigenvalue weighted by Crippen LogP contribution is -2.57. The van der Waals surface area contributed by atoms with Gasteiger partial charge in [0.1, 0.15) is 17.8 Å². The SMILES string of the molecule is NC(=O)CC(NC(=O)C(CS)NC(=O)C(N)Cc1ccc(O)cc1)C(=O)NCCO. The normalized spacial score (nSPS) is 13.6. The minimum atomic E-state index is -1.27. The summed E-state index contributed by atoms with van der Waals surface area (Å²) in [5, 5.41) is 25.2. The topological polar surface area (TPSA) is 197 Å². The van der Waals surface area contributed by atoms with E-state index in [9.17, 15) is 24.3 Å². The van der Waals surface area contributed by atoms with Crippen LogP contribution in [-0.4, -0.2) is 70.9 Å². The maximum Gasteiger partial charge on any atom is 0.244 e. The van der Waals surface area contributed by atoms with Crippen molar-refractivity contribution in [1.82, 2.24) is 16.0 Å². The number of rotatable bonds is 12. The molecule has 166 valence electrons. The predicted octanol–water partition coefficient (Wildman–Crippen LogP) is -2.85. The summed E-state index contributed by atoms with van der Waals surface area (Å²) in [4.78, 5) is 48.1. The number of amides is 4. The molecule has 0 aliphatic carbocycles. The second-order valence-corrected chi connectivity index (χ2v) is 6.83. The van der Waals surface area contributed by atoms with Crippen molar-refractivity contribution in [2.45, 2.75) is 31.0 Å². The second-order valence-electron chi connectivity index (χ2n) is 6.47. The molecule has 12 heteroatoms. The van der Waals surface area contributed by atoms with Crippen LogP contribution in [0.25, 0.3) is 0 Å². The van der Waals surface area contributed by atoms with E-state index in [-0.39, 0.29) is 31.1 Å². The van der Waals surface area contributed by atoms with Crippen LogP contribution in [0.3, 0.4) is 0 Å². The van der Waals surface area contributed by atoms with Crippen LogP contribution in [0.2, 0.25) is 0 Å². The number of hydrogen-bond acceptors (Lipinski definition) is 8. The van der Waals surface area contributed by atoms with E-state index in [2.05, 4.69) is 28.6 Å².